The van der Waals surface area contributed by atoms with Crippen LogP contribution in [-0.2, 0) is 4.74 Å². The molecule has 1 aromatic carbocycles. The van der Waals surface area contributed by atoms with Crippen molar-refractivity contribution in [3.05, 3.63) is 47.4 Å². The van der Waals surface area contributed by atoms with Crippen molar-refractivity contribution in [3.8, 4) is 0 Å². The van der Waals surface area contributed by atoms with Gasteiger partial charge in [0.15, 0.2) is 0 Å². The maximum Gasteiger partial charge on any atom is 0.274 e. The normalized spacial score (nSPS) is 17.0. The Kier molecular flexibility index (Phi) is 5.05. The molecule has 1 saturated heterocycles. The molecule has 3 rings (SSSR count). The highest BCUT2D eigenvalue weighted by Crippen LogP contribution is 2.15. The fourth-order valence-corrected chi connectivity index (χ4v) is 2.46. The third-order valence-corrected chi connectivity index (χ3v) is 3.79. The highest BCUT2D eigenvalue weighted by atomic mass is 35.5. The van der Waals surface area contributed by atoms with Gasteiger partial charge >= 0.3 is 0 Å². The molecule has 1 amide bonds. The van der Waals surface area contributed by atoms with Gasteiger partial charge in [0.25, 0.3) is 5.91 Å². The van der Waals surface area contributed by atoms with Crippen molar-refractivity contribution in [2.75, 3.05) is 23.8 Å². The van der Waals surface area contributed by atoms with Gasteiger partial charge in [-0.2, -0.15) is 0 Å². The molecule has 120 valence electrons. The van der Waals surface area contributed by atoms with E-state index in [0.29, 0.717) is 28.8 Å². The number of rotatable bonds is 5. The van der Waals surface area contributed by atoms with Crippen molar-refractivity contribution in [2.24, 2.45) is 0 Å². The van der Waals surface area contributed by atoms with Crippen LogP contribution in [0.1, 0.15) is 23.3 Å². The van der Waals surface area contributed by atoms with Crippen LogP contribution in [-0.4, -0.2) is 35.1 Å². The molecule has 2 N–H and O–H groups in total. The summed E-state index contributed by atoms with van der Waals surface area (Å²) < 4.78 is 5.55. The average molecular weight is 333 g/mol. The fraction of sp³-hybridized carbons (Fsp3) is 0.312. The van der Waals surface area contributed by atoms with E-state index >= 15 is 0 Å². The van der Waals surface area contributed by atoms with Gasteiger partial charge in [0, 0.05) is 29.9 Å². The number of carbonyl (C=O) groups is 1. The molecule has 0 bridgehead atoms. The Morgan fingerprint density at radius 1 is 1.30 bits per heavy atom. The number of anilines is 2. The van der Waals surface area contributed by atoms with Crippen LogP contribution >= 0.6 is 11.6 Å². The first-order chi connectivity index (χ1) is 11.2. The predicted octanol–water partition coefficient (Wildman–Crippen LogP) is 2.97. The van der Waals surface area contributed by atoms with E-state index in [9.17, 15) is 4.79 Å². The number of nitrogens with one attached hydrogen (secondary N) is 2. The number of hydrogen-bond donors (Lipinski definition) is 2. The van der Waals surface area contributed by atoms with Gasteiger partial charge in [-0.1, -0.05) is 11.6 Å². The molecule has 0 radical (unpaired) electrons. The van der Waals surface area contributed by atoms with Crippen molar-refractivity contribution in [2.45, 2.75) is 18.9 Å². The van der Waals surface area contributed by atoms with Crippen molar-refractivity contribution in [1.29, 1.82) is 0 Å². The first-order valence-corrected chi connectivity index (χ1v) is 7.83. The second kappa shape index (κ2) is 7.39. The lowest BCUT2D eigenvalue weighted by atomic mass is 10.2. The van der Waals surface area contributed by atoms with E-state index in [4.69, 9.17) is 16.3 Å². The minimum absolute atomic E-state index is 0.205. The Balaban J connectivity index is 1.61. The Morgan fingerprint density at radius 2 is 2.13 bits per heavy atom. The van der Waals surface area contributed by atoms with Crippen molar-refractivity contribution in [3.63, 3.8) is 0 Å². The van der Waals surface area contributed by atoms with Gasteiger partial charge in [-0.05, 0) is 37.1 Å². The lowest BCUT2D eigenvalue weighted by molar-refractivity contribution is 0.102. The summed E-state index contributed by atoms with van der Waals surface area (Å²) in [5.74, 6) is 0.312. The van der Waals surface area contributed by atoms with Gasteiger partial charge in [0.05, 0.1) is 6.10 Å². The summed E-state index contributed by atoms with van der Waals surface area (Å²) in [6.07, 6.45) is 3.71. The van der Waals surface area contributed by atoms with Crippen LogP contribution in [0.3, 0.4) is 0 Å². The molecule has 0 spiro atoms. The largest absolute Gasteiger partial charge is 0.376 e. The number of nitrogens with zero attached hydrogens (tertiary/aromatic N) is 2. The minimum Gasteiger partial charge on any atom is -0.376 e. The molecule has 0 aliphatic carbocycles. The molecule has 2 aromatic rings. The number of ether oxygens (including phenoxy) is 1. The minimum atomic E-state index is -0.296. The van der Waals surface area contributed by atoms with Crippen LogP contribution in [0, 0.1) is 0 Å². The third-order valence-electron chi connectivity index (χ3n) is 3.54. The molecule has 23 heavy (non-hydrogen) atoms. The second-order valence-corrected chi connectivity index (χ2v) is 5.70. The topological polar surface area (TPSA) is 76.1 Å². The smallest absolute Gasteiger partial charge is 0.274 e. The van der Waals surface area contributed by atoms with E-state index in [1.807, 2.05) is 0 Å². The summed E-state index contributed by atoms with van der Waals surface area (Å²) in [6.45, 7) is 1.49. The van der Waals surface area contributed by atoms with Gasteiger partial charge in [-0.25, -0.2) is 9.97 Å². The van der Waals surface area contributed by atoms with E-state index < -0.39 is 0 Å². The highest BCUT2D eigenvalue weighted by molar-refractivity contribution is 6.30. The number of aromatic nitrogens is 2. The van der Waals surface area contributed by atoms with Crippen molar-refractivity contribution < 1.29 is 9.53 Å². The second-order valence-electron chi connectivity index (χ2n) is 5.27. The zero-order valence-electron chi connectivity index (χ0n) is 12.5. The quantitative estimate of drug-likeness (QED) is 0.880. The lowest BCUT2D eigenvalue weighted by Crippen LogP contribution is -2.20. The van der Waals surface area contributed by atoms with E-state index in [2.05, 4.69) is 20.6 Å². The van der Waals surface area contributed by atoms with Gasteiger partial charge in [0.2, 0.25) is 0 Å². The zero-order chi connectivity index (χ0) is 16.1. The fourth-order valence-electron chi connectivity index (χ4n) is 2.33. The summed E-state index contributed by atoms with van der Waals surface area (Å²) in [7, 11) is 0. The Hall–Kier alpha value is -2.18. The standard InChI is InChI=1S/C16H17ClN4O2/c17-11-3-5-12(6-4-11)21-16(22)14-8-15(20-10-19-14)18-9-13-2-1-7-23-13/h3-6,8,10,13H,1-2,7,9H2,(H,21,22)(H,18,19,20). The molecule has 1 atom stereocenters. The molecular formula is C16H17ClN4O2. The van der Waals surface area contributed by atoms with Gasteiger partial charge in [-0.3, -0.25) is 4.79 Å². The van der Waals surface area contributed by atoms with Gasteiger partial charge in [0.1, 0.15) is 17.8 Å². The molecule has 0 saturated carbocycles. The number of benzene rings is 1. The lowest BCUT2D eigenvalue weighted by Gasteiger charge is -2.11. The van der Waals surface area contributed by atoms with Gasteiger partial charge in [-0.15, -0.1) is 0 Å². The summed E-state index contributed by atoms with van der Waals surface area (Å²) in [6, 6.07) is 8.52. The molecule has 1 unspecified atom stereocenters. The molecule has 1 fully saturated rings. The van der Waals surface area contributed by atoms with Crippen LogP contribution in [0.25, 0.3) is 0 Å². The summed E-state index contributed by atoms with van der Waals surface area (Å²) in [5, 5.41) is 6.57. The molecule has 6 nitrogen and oxygen atoms in total. The van der Waals surface area contributed by atoms with Crippen LogP contribution in [0.4, 0.5) is 11.5 Å². The molecular weight excluding hydrogens is 316 g/mol. The monoisotopic (exact) mass is 332 g/mol. The number of hydrogen-bond acceptors (Lipinski definition) is 5. The first-order valence-electron chi connectivity index (χ1n) is 7.45. The van der Waals surface area contributed by atoms with Crippen molar-refractivity contribution >= 4 is 29.0 Å². The van der Waals surface area contributed by atoms with Gasteiger partial charge < -0.3 is 15.4 Å². The van der Waals surface area contributed by atoms with Crippen LogP contribution < -0.4 is 10.6 Å². The van der Waals surface area contributed by atoms with Crippen molar-refractivity contribution in [1.82, 2.24) is 9.97 Å². The summed E-state index contributed by atoms with van der Waals surface area (Å²) in [5.41, 5.74) is 0.955. The Morgan fingerprint density at radius 3 is 2.87 bits per heavy atom. The van der Waals surface area contributed by atoms with Crippen LogP contribution in [0.5, 0.6) is 0 Å². The maximum absolute atomic E-state index is 12.2. The zero-order valence-corrected chi connectivity index (χ0v) is 13.2. The Labute approximate surface area is 139 Å². The van der Waals surface area contributed by atoms with E-state index in [1.165, 1.54) is 6.33 Å². The molecule has 2 heterocycles. The molecule has 1 aliphatic rings. The predicted molar refractivity (Wildman–Crippen MR) is 88.9 cm³/mol. The average Bonchev–Trinajstić information content (AvgIpc) is 3.09. The number of halogens is 1. The maximum atomic E-state index is 12.2. The van der Waals surface area contributed by atoms with Crippen LogP contribution in [0.2, 0.25) is 5.02 Å². The first kappa shape index (κ1) is 15.7. The highest BCUT2D eigenvalue weighted by Gasteiger charge is 2.15. The SMILES string of the molecule is O=C(Nc1ccc(Cl)cc1)c1cc(NCC2CCCO2)ncn1. The Bertz CT molecular complexity index is 672. The number of amides is 1. The summed E-state index contributed by atoms with van der Waals surface area (Å²) >= 11 is 5.82. The molecule has 1 aromatic heterocycles. The van der Waals surface area contributed by atoms with E-state index in [0.717, 1.165) is 19.4 Å². The molecule has 1 aliphatic heterocycles. The summed E-state index contributed by atoms with van der Waals surface area (Å²) in [4.78, 5) is 20.4. The van der Waals surface area contributed by atoms with Crippen LogP contribution in [0.15, 0.2) is 36.7 Å². The van der Waals surface area contributed by atoms with E-state index in [-0.39, 0.29) is 12.0 Å². The number of carbonyl (C=O) groups excluding carboxylic acids is 1. The third kappa shape index (κ3) is 4.40. The van der Waals surface area contributed by atoms with E-state index in [1.54, 1.807) is 30.3 Å². The molecule has 7 heteroatoms.